The van der Waals surface area contributed by atoms with E-state index in [0.717, 1.165) is 31.6 Å². The molecule has 2 aliphatic heterocycles. The second-order valence-electron chi connectivity index (χ2n) is 7.19. The van der Waals surface area contributed by atoms with Gasteiger partial charge >= 0.3 is 0 Å². The lowest BCUT2D eigenvalue weighted by Crippen LogP contribution is -2.42. The fourth-order valence-corrected chi connectivity index (χ4v) is 3.32. The molecule has 0 spiro atoms. The summed E-state index contributed by atoms with van der Waals surface area (Å²) in [6.07, 6.45) is 2.59. The van der Waals surface area contributed by atoms with Crippen molar-refractivity contribution < 1.29 is 9.59 Å². The summed E-state index contributed by atoms with van der Waals surface area (Å²) in [5.74, 6) is -0.0981. The molecule has 1 aromatic carbocycles. The molecule has 0 bridgehead atoms. The summed E-state index contributed by atoms with van der Waals surface area (Å²) in [6.45, 7) is 5.58. The molecule has 3 rings (SSSR count). The fraction of sp³-hybridized carbons (Fsp3) is 0.556. The third kappa shape index (κ3) is 3.70. The summed E-state index contributed by atoms with van der Waals surface area (Å²) in [5, 5.41) is 9.30. The van der Waals surface area contributed by atoms with Crippen LogP contribution in [0.5, 0.6) is 0 Å². The zero-order valence-electron chi connectivity index (χ0n) is 14.4. The first-order chi connectivity index (χ1) is 11.5. The van der Waals surface area contributed by atoms with Gasteiger partial charge in [-0.25, -0.2) is 0 Å². The third-order valence-corrected chi connectivity index (χ3v) is 5.10. The normalized spacial score (nSPS) is 19.9. The minimum absolute atomic E-state index is 0.0135. The highest BCUT2D eigenvalue weighted by Crippen LogP contribution is 2.29. The van der Waals surface area contributed by atoms with E-state index in [-0.39, 0.29) is 17.2 Å². The Bertz CT molecular complexity index is 638. The van der Waals surface area contributed by atoms with Crippen LogP contribution in [-0.4, -0.2) is 45.0 Å². The number of carbonyl (C=O) groups excluding carboxylic acids is 2. The largest absolute Gasteiger partial charge is 0.372 e. The van der Waals surface area contributed by atoms with Gasteiger partial charge in [0.1, 0.15) is 0 Å². The van der Waals surface area contributed by atoms with Gasteiger partial charge in [-0.2, -0.15) is 0 Å². The summed E-state index contributed by atoms with van der Waals surface area (Å²) in [6, 6.07) is 5.50. The Kier molecular flexibility index (Phi) is 4.76. The number of carbonyl (C=O) groups is 2. The molecule has 2 aliphatic rings. The molecule has 0 aromatic heterocycles. The van der Waals surface area contributed by atoms with Crippen LogP contribution in [0.25, 0.3) is 0 Å². The Morgan fingerprint density at radius 1 is 1.33 bits per heavy atom. The van der Waals surface area contributed by atoms with Gasteiger partial charge in [-0.15, -0.1) is 0 Å². The van der Waals surface area contributed by atoms with Gasteiger partial charge in [0.2, 0.25) is 5.91 Å². The van der Waals surface area contributed by atoms with E-state index < -0.39 is 0 Å². The third-order valence-electron chi connectivity index (χ3n) is 5.10. The molecule has 1 fully saturated rings. The number of hydrogen-bond donors (Lipinski definition) is 3. The van der Waals surface area contributed by atoms with Crippen molar-refractivity contribution in [3.63, 3.8) is 0 Å². The van der Waals surface area contributed by atoms with Crippen LogP contribution in [0.3, 0.4) is 0 Å². The van der Waals surface area contributed by atoms with Gasteiger partial charge in [-0.3, -0.25) is 9.59 Å². The van der Waals surface area contributed by atoms with E-state index in [0.29, 0.717) is 30.8 Å². The summed E-state index contributed by atoms with van der Waals surface area (Å²) >= 11 is 0. The van der Waals surface area contributed by atoms with Crippen molar-refractivity contribution in [2.24, 2.45) is 5.41 Å². The maximum atomic E-state index is 12.5. The maximum Gasteiger partial charge on any atom is 0.251 e. The number of nitrogens with one attached hydrogen (secondary N) is 3. The zero-order chi connectivity index (χ0) is 17.2. The van der Waals surface area contributed by atoms with E-state index in [2.05, 4.69) is 22.9 Å². The smallest absolute Gasteiger partial charge is 0.251 e. The second-order valence-corrected chi connectivity index (χ2v) is 7.19. The van der Waals surface area contributed by atoms with Crippen molar-refractivity contribution in [3.05, 3.63) is 23.8 Å². The Labute approximate surface area is 143 Å². The van der Waals surface area contributed by atoms with Crippen molar-refractivity contribution in [3.8, 4) is 0 Å². The second kappa shape index (κ2) is 6.81. The number of hydrogen-bond acceptors (Lipinski definition) is 4. The van der Waals surface area contributed by atoms with Crippen molar-refractivity contribution in [2.75, 3.05) is 43.4 Å². The number of benzene rings is 1. The first-order valence-corrected chi connectivity index (χ1v) is 8.61. The van der Waals surface area contributed by atoms with Crippen LogP contribution in [0.2, 0.25) is 0 Å². The summed E-state index contributed by atoms with van der Waals surface area (Å²) in [7, 11) is 1.96. The van der Waals surface area contributed by atoms with Crippen LogP contribution < -0.4 is 20.9 Å². The monoisotopic (exact) mass is 330 g/mol. The van der Waals surface area contributed by atoms with Gasteiger partial charge in [0, 0.05) is 32.1 Å². The first-order valence-electron chi connectivity index (χ1n) is 8.61. The molecule has 0 unspecified atom stereocenters. The lowest BCUT2D eigenvalue weighted by molar-refractivity contribution is -0.115. The minimum atomic E-state index is -0.0845. The summed E-state index contributed by atoms with van der Waals surface area (Å²) < 4.78 is 0. The van der Waals surface area contributed by atoms with E-state index in [1.165, 1.54) is 0 Å². The lowest BCUT2D eigenvalue weighted by Gasteiger charge is -2.34. The predicted molar refractivity (Wildman–Crippen MR) is 95.5 cm³/mol. The molecule has 1 saturated heterocycles. The molecular weight excluding hydrogens is 304 g/mol. The van der Waals surface area contributed by atoms with Crippen molar-refractivity contribution >= 4 is 23.2 Å². The molecule has 2 amide bonds. The molecular formula is C18H26N4O2. The number of fused-ring (bicyclic) bond motifs is 1. The average Bonchev–Trinajstić information content (AvgIpc) is 2.71. The highest BCUT2D eigenvalue weighted by molar-refractivity contribution is 6.00. The number of rotatable bonds is 3. The van der Waals surface area contributed by atoms with Crippen LogP contribution in [0.15, 0.2) is 18.2 Å². The van der Waals surface area contributed by atoms with Crippen molar-refractivity contribution in [1.29, 1.82) is 0 Å². The Hall–Kier alpha value is -2.08. The Morgan fingerprint density at radius 2 is 2.08 bits per heavy atom. The predicted octanol–water partition coefficient (Wildman–Crippen LogP) is 1.58. The van der Waals surface area contributed by atoms with Crippen LogP contribution in [0, 0.1) is 5.41 Å². The van der Waals surface area contributed by atoms with Crippen LogP contribution in [0.1, 0.15) is 36.5 Å². The van der Waals surface area contributed by atoms with E-state index in [4.69, 9.17) is 0 Å². The van der Waals surface area contributed by atoms with Gasteiger partial charge in [-0.05, 0) is 49.5 Å². The Balaban J connectivity index is 1.70. The molecule has 2 heterocycles. The molecule has 0 saturated carbocycles. The van der Waals surface area contributed by atoms with Crippen LogP contribution in [-0.2, 0) is 4.79 Å². The van der Waals surface area contributed by atoms with E-state index in [9.17, 15) is 9.59 Å². The Morgan fingerprint density at radius 3 is 2.83 bits per heavy atom. The topological polar surface area (TPSA) is 73.5 Å². The number of nitrogens with zero attached hydrogens (tertiary/aromatic N) is 1. The highest BCUT2D eigenvalue weighted by atomic mass is 16.2. The molecule has 6 nitrogen and oxygen atoms in total. The minimum Gasteiger partial charge on any atom is -0.372 e. The molecule has 0 atom stereocenters. The van der Waals surface area contributed by atoms with Crippen LogP contribution >= 0.6 is 0 Å². The molecule has 1 aromatic rings. The number of anilines is 2. The average molecular weight is 330 g/mol. The first kappa shape index (κ1) is 16.8. The molecule has 130 valence electrons. The van der Waals surface area contributed by atoms with Gasteiger partial charge in [0.25, 0.3) is 5.91 Å². The summed E-state index contributed by atoms with van der Waals surface area (Å²) in [5.41, 5.74) is 2.39. The van der Waals surface area contributed by atoms with E-state index in [1.807, 2.05) is 24.1 Å². The number of amides is 2. The number of piperidine rings is 1. The lowest BCUT2D eigenvalue weighted by atomic mass is 9.81. The van der Waals surface area contributed by atoms with E-state index >= 15 is 0 Å². The van der Waals surface area contributed by atoms with Crippen molar-refractivity contribution in [2.45, 2.75) is 26.2 Å². The molecule has 0 aliphatic carbocycles. The molecule has 6 heteroatoms. The standard InChI is InChI=1S/C18H26N4O2/c1-18(6-8-19-9-7-18)12-20-17(24)13-3-4-15-14(11-13)21-16(23)5-10-22(15)2/h3-4,11,19H,5-10,12H2,1-2H3,(H,20,24)(H,21,23). The van der Waals surface area contributed by atoms with Gasteiger partial charge in [-0.1, -0.05) is 6.92 Å². The van der Waals surface area contributed by atoms with E-state index in [1.54, 1.807) is 6.07 Å². The molecule has 3 N–H and O–H groups in total. The maximum absolute atomic E-state index is 12.5. The van der Waals surface area contributed by atoms with Crippen molar-refractivity contribution in [1.82, 2.24) is 10.6 Å². The van der Waals surface area contributed by atoms with Gasteiger partial charge < -0.3 is 20.9 Å². The van der Waals surface area contributed by atoms with Gasteiger partial charge in [0.05, 0.1) is 11.4 Å². The molecule has 0 radical (unpaired) electrons. The summed E-state index contributed by atoms with van der Waals surface area (Å²) in [4.78, 5) is 26.3. The van der Waals surface area contributed by atoms with Gasteiger partial charge in [0.15, 0.2) is 0 Å². The SMILES string of the molecule is CN1CCC(=O)Nc2cc(C(=O)NCC3(C)CCNCC3)ccc21. The fourth-order valence-electron chi connectivity index (χ4n) is 3.32. The zero-order valence-corrected chi connectivity index (χ0v) is 14.4. The molecule has 24 heavy (non-hydrogen) atoms. The highest BCUT2D eigenvalue weighted by Gasteiger charge is 2.27. The van der Waals surface area contributed by atoms with Crippen LogP contribution in [0.4, 0.5) is 11.4 Å². The quantitative estimate of drug-likeness (QED) is 0.787.